The first-order valence-electron chi connectivity index (χ1n) is 8.35. The summed E-state index contributed by atoms with van der Waals surface area (Å²) >= 11 is 0. The van der Waals surface area contributed by atoms with E-state index in [1.165, 1.54) is 43.2 Å². The van der Waals surface area contributed by atoms with Crippen molar-refractivity contribution in [2.75, 3.05) is 26.9 Å². The van der Waals surface area contributed by atoms with Gasteiger partial charge in [0, 0.05) is 19.3 Å². The van der Waals surface area contributed by atoms with E-state index in [4.69, 9.17) is 9.47 Å². The molecule has 2 aliphatic carbocycles. The van der Waals surface area contributed by atoms with Gasteiger partial charge in [-0.25, -0.2) is 0 Å². The summed E-state index contributed by atoms with van der Waals surface area (Å²) in [5.74, 6) is 1.85. The number of methoxy groups -OCH3 is 1. The molecule has 2 aliphatic rings. The third-order valence-electron chi connectivity index (χ3n) is 4.57. The Morgan fingerprint density at radius 2 is 2.14 bits per heavy atom. The fourth-order valence-electron chi connectivity index (χ4n) is 3.11. The maximum atomic E-state index is 5.69. The van der Waals surface area contributed by atoms with Crippen molar-refractivity contribution in [1.82, 2.24) is 5.32 Å². The summed E-state index contributed by atoms with van der Waals surface area (Å²) in [7, 11) is 1.74. The molecule has 1 atom stereocenters. The Morgan fingerprint density at radius 1 is 1.24 bits per heavy atom. The van der Waals surface area contributed by atoms with Crippen LogP contribution in [0.15, 0.2) is 18.2 Å². The topological polar surface area (TPSA) is 30.5 Å². The van der Waals surface area contributed by atoms with Gasteiger partial charge in [0.15, 0.2) is 0 Å². The second kappa shape index (κ2) is 7.28. The standard InChI is InChI=1S/C18H27NO2/c1-20-16-8-9-17-15(12-16)4-2-5-18(17)19-10-3-11-21-13-14-6-7-14/h8-9,12,14,18-19H,2-7,10-11,13H2,1H3. The SMILES string of the molecule is COc1ccc2c(c1)CCCC2NCCCOCC1CC1. The van der Waals surface area contributed by atoms with Crippen LogP contribution < -0.4 is 10.1 Å². The van der Waals surface area contributed by atoms with Crippen molar-refractivity contribution >= 4 is 0 Å². The number of ether oxygens (including phenoxy) is 2. The zero-order valence-electron chi connectivity index (χ0n) is 13.1. The van der Waals surface area contributed by atoms with E-state index in [1.54, 1.807) is 7.11 Å². The predicted octanol–water partition coefficient (Wildman–Crippen LogP) is 3.48. The molecular weight excluding hydrogens is 262 g/mol. The molecule has 0 heterocycles. The van der Waals surface area contributed by atoms with E-state index < -0.39 is 0 Å². The van der Waals surface area contributed by atoms with Crippen LogP contribution in [0.25, 0.3) is 0 Å². The molecule has 116 valence electrons. The predicted molar refractivity (Wildman–Crippen MR) is 84.8 cm³/mol. The minimum Gasteiger partial charge on any atom is -0.497 e. The van der Waals surface area contributed by atoms with Crippen LogP contribution >= 0.6 is 0 Å². The number of fused-ring (bicyclic) bond motifs is 1. The molecule has 3 heteroatoms. The first-order chi connectivity index (χ1) is 10.4. The van der Waals surface area contributed by atoms with E-state index in [2.05, 4.69) is 23.5 Å². The fourth-order valence-corrected chi connectivity index (χ4v) is 3.11. The van der Waals surface area contributed by atoms with E-state index in [0.717, 1.165) is 37.8 Å². The fraction of sp³-hybridized carbons (Fsp3) is 0.667. The minimum atomic E-state index is 0.503. The largest absolute Gasteiger partial charge is 0.497 e. The normalized spacial score (nSPS) is 21.1. The van der Waals surface area contributed by atoms with Crippen LogP contribution in [-0.4, -0.2) is 26.9 Å². The summed E-state index contributed by atoms with van der Waals surface area (Å²) in [4.78, 5) is 0. The molecule has 3 rings (SSSR count). The Hall–Kier alpha value is -1.06. The molecule has 1 aromatic carbocycles. The van der Waals surface area contributed by atoms with Crippen LogP contribution in [0.1, 0.15) is 49.3 Å². The molecule has 0 saturated heterocycles. The molecule has 0 amide bonds. The number of rotatable bonds is 8. The summed E-state index contributed by atoms with van der Waals surface area (Å²) in [6.07, 6.45) is 7.53. The van der Waals surface area contributed by atoms with Crippen molar-refractivity contribution in [2.24, 2.45) is 5.92 Å². The minimum absolute atomic E-state index is 0.503. The van der Waals surface area contributed by atoms with E-state index in [9.17, 15) is 0 Å². The zero-order chi connectivity index (χ0) is 14.5. The number of hydrogen-bond donors (Lipinski definition) is 1. The van der Waals surface area contributed by atoms with Gasteiger partial charge in [0.05, 0.1) is 7.11 Å². The van der Waals surface area contributed by atoms with Gasteiger partial charge in [0.2, 0.25) is 0 Å². The second-order valence-electron chi connectivity index (χ2n) is 6.34. The number of aryl methyl sites for hydroxylation is 1. The maximum Gasteiger partial charge on any atom is 0.119 e. The van der Waals surface area contributed by atoms with Crippen LogP contribution in [0.5, 0.6) is 5.75 Å². The highest BCUT2D eigenvalue weighted by molar-refractivity contribution is 5.39. The summed E-state index contributed by atoms with van der Waals surface area (Å²) < 4.78 is 11.0. The lowest BCUT2D eigenvalue weighted by Crippen LogP contribution is -2.26. The summed E-state index contributed by atoms with van der Waals surface area (Å²) in [5, 5.41) is 3.70. The van der Waals surface area contributed by atoms with E-state index in [0.29, 0.717) is 6.04 Å². The van der Waals surface area contributed by atoms with Crippen LogP contribution in [0, 0.1) is 5.92 Å². The van der Waals surface area contributed by atoms with Crippen LogP contribution in [0.2, 0.25) is 0 Å². The molecule has 0 aromatic heterocycles. The molecule has 1 saturated carbocycles. The molecule has 0 bridgehead atoms. The number of nitrogens with one attached hydrogen (secondary N) is 1. The summed E-state index contributed by atoms with van der Waals surface area (Å²) in [6, 6.07) is 7.01. The molecule has 1 aromatic rings. The van der Waals surface area contributed by atoms with Crippen molar-refractivity contribution < 1.29 is 9.47 Å². The highest BCUT2D eigenvalue weighted by Gasteiger charge is 2.21. The van der Waals surface area contributed by atoms with Gasteiger partial charge >= 0.3 is 0 Å². The highest BCUT2D eigenvalue weighted by Crippen LogP contribution is 2.32. The van der Waals surface area contributed by atoms with Crippen LogP contribution in [0.3, 0.4) is 0 Å². The van der Waals surface area contributed by atoms with E-state index in [-0.39, 0.29) is 0 Å². The van der Waals surface area contributed by atoms with Gasteiger partial charge in [-0.3, -0.25) is 0 Å². The molecule has 1 fully saturated rings. The molecule has 3 nitrogen and oxygen atoms in total. The van der Waals surface area contributed by atoms with Crippen LogP contribution in [0.4, 0.5) is 0 Å². The average Bonchev–Trinajstić information content (AvgIpc) is 3.34. The molecular formula is C18H27NO2. The van der Waals surface area contributed by atoms with Crippen molar-refractivity contribution in [2.45, 2.75) is 44.6 Å². The Bertz CT molecular complexity index is 457. The average molecular weight is 289 g/mol. The molecule has 1 N–H and O–H groups in total. The smallest absolute Gasteiger partial charge is 0.119 e. The number of benzene rings is 1. The lowest BCUT2D eigenvalue weighted by molar-refractivity contribution is 0.121. The van der Waals surface area contributed by atoms with E-state index >= 15 is 0 Å². The summed E-state index contributed by atoms with van der Waals surface area (Å²) in [6.45, 7) is 2.92. The van der Waals surface area contributed by atoms with Gasteiger partial charge in [-0.1, -0.05) is 6.07 Å². The second-order valence-corrected chi connectivity index (χ2v) is 6.34. The Morgan fingerprint density at radius 3 is 2.95 bits per heavy atom. The van der Waals surface area contributed by atoms with Crippen molar-refractivity contribution in [3.8, 4) is 5.75 Å². The van der Waals surface area contributed by atoms with Gasteiger partial charge < -0.3 is 14.8 Å². The Labute approximate surface area is 128 Å². The zero-order valence-corrected chi connectivity index (χ0v) is 13.1. The lowest BCUT2D eigenvalue weighted by Gasteiger charge is -2.27. The molecule has 21 heavy (non-hydrogen) atoms. The monoisotopic (exact) mass is 289 g/mol. The Kier molecular flexibility index (Phi) is 5.15. The lowest BCUT2D eigenvalue weighted by atomic mass is 9.87. The quantitative estimate of drug-likeness (QED) is 0.743. The highest BCUT2D eigenvalue weighted by atomic mass is 16.5. The van der Waals surface area contributed by atoms with Gasteiger partial charge in [0.25, 0.3) is 0 Å². The van der Waals surface area contributed by atoms with Gasteiger partial charge in [-0.15, -0.1) is 0 Å². The van der Waals surface area contributed by atoms with Crippen molar-refractivity contribution in [3.05, 3.63) is 29.3 Å². The summed E-state index contributed by atoms with van der Waals surface area (Å²) in [5.41, 5.74) is 2.91. The van der Waals surface area contributed by atoms with Crippen molar-refractivity contribution in [3.63, 3.8) is 0 Å². The Balaban J connectivity index is 1.43. The van der Waals surface area contributed by atoms with Gasteiger partial charge in [-0.2, -0.15) is 0 Å². The van der Waals surface area contributed by atoms with Crippen LogP contribution in [-0.2, 0) is 11.2 Å². The first kappa shape index (κ1) is 14.9. The third-order valence-corrected chi connectivity index (χ3v) is 4.57. The van der Waals surface area contributed by atoms with Gasteiger partial charge in [0.1, 0.15) is 5.75 Å². The van der Waals surface area contributed by atoms with Gasteiger partial charge in [-0.05, 0) is 74.2 Å². The molecule has 0 aliphatic heterocycles. The van der Waals surface area contributed by atoms with Crippen molar-refractivity contribution in [1.29, 1.82) is 0 Å². The third kappa shape index (κ3) is 4.21. The van der Waals surface area contributed by atoms with E-state index in [1.807, 2.05) is 0 Å². The first-order valence-corrected chi connectivity index (χ1v) is 8.35. The maximum absolute atomic E-state index is 5.69. The molecule has 1 unspecified atom stereocenters. The number of hydrogen-bond acceptors (Lipinski definition) is 3. The molecule has 0 spiro atoms. The molecule has 0 radical (unpaired) electrons.